The Morgan fingerprint density at radius 3 is 2.72 bits per heavy atom. The van der Waals surface area contributed by atoms with Crippen molar-refractivity contribution in [2.24, 2.45) is 7.05 Å². The summed E-state index contributed by atoms with van der Waals surface area (Å²) >= 11 is 0. The van der Waals surface area contributed by atoms with Crippen molar-refractivity contribution in [3.05, 3.63) is 47.3 Å². The van der Waals surface area contributed by atoms with Gasteiger partial charge in [0.2, 0.25) is 0 Å². The molecule has 2 rings (SSSR count). The van der Waals surface area contributed by atoms with Crippen LogP contribution in [0.25, 0.3) is 0 Å². The number of benzene rings is 1. The minimum absolute atomic E-state index is 0.784. The molecule has 0 amide bonds. The van der Waals surface area contributed by atoms with E-state index in [1.165, 1.54) is 5.56 Å². The molecule has 0 aliphatic heterocycles. The summed E-state index contributed by atoms with van der Waals surface area (Å²) in [5, 5.41) is 7.70. The maximum absolute atomic E-state index is 5.24. The SMILES string of the molecule is COc1ccc(CNCc2ccn(C)n2)cc1C. The van der Waals surface area contributed by atoms with E-state index < -0.39 is 0 Å². The second kappa shape index (κ2) is 5.69. The molecule has 0 radical (unpaired) electrons. The molecule has 0 fully saturated rings. The Hall–Kier alpha value is -1.81. The van der Waals surface area contributed by atoms with E-state index in [9.17, 15) is 0 Å². The number of methoxy groups -OCH3 is 1. The highest BCUT2D eigenvalue weighted by Gasteiger charge is 2.00. The molecule has 0 aliphatic carbocycles. The second-order valence-electron chi connectivity index (χ2n) is 4.39. The summed E-state index contributed by atoms with van der Waals surface area (Å²) in [5.74, 6) is 0.934. The lowest BCUT2D eigenvalue weighted by molar-refractivity contribution is 0.411. The molecular formula is C14H19N3O. The molecule has 1 heterocycles. The van der Waals surface area contributed by atoms with E-state index in [0.717, 1.165) is 30.1 Å². The minimum Gasteiger partial charge on any atom is -0.496 e. The Morgan fingerprint density at radius 1 is 1.28 bits per heavy atom. The number of aryl methyl sites for hydroxylation is 2. The predicted molar refractivity (Wildman–Crippen MR) is 71.5 cm³/mol. The van der Waals surface area contributed by atoms with Crippen molar-refractivity contribution < 1.29 is 4.74 Å². The molecule has 18 heavy (non-hydrogen) atoms. The highest BCUT2D eigenvalue weighted by molar-refractivity contribution is 5.36. The smallest absolute Gasteiger partial charge is 0.121 e. The summed E-state index contributed by atoms with van der Waals surface area (Å²) < 4.78 is 7.06. The Morgan fingerprint density at radius 2 is 2.11 bits per heavy atom. The fourth-order valence-electron chi connectivity index (χ4n) is 1.94. The van der Waals surface area contributed by atoms with E-state index in [2.05, 4.69) is 29.5 Å². The van der Waals surface area contributed by atoms with Gasteiger partial charge in [0.05, 0.1) is 12.8 Å². The standard InChI is InChI=1S/C14H19N3O/c1-11-8-12(4-5-14(11)18-3)9-15-10-13-6-7-17(2)16-13/h4-8,15H,9-10H2,1-3H3. The second-order valence-corrected chi connectivity index (χ2v) is 4.39. The molecule has 1 N–H and O–H groups in total. The van der Waals surface area contributed by atoms with Gasteiger partial charge in [-0.15, -0.1) is 0 Å². The van der Waals surface area contributed by atoms with Gasteiger partial charge in [0.25, 0.3) is 0 Å². The Labute approximate surface area is 108 Å². The molecule has 1 aromatic heterocycles. The van der Waals surface area contributed by atoms with Gasteiger partial charge in [0.1, 0.15) is 5.75 Å². The quantitative estimate of drug-likeness (QED) is 0.876. The van der Waals surface area contributed by atoms with Gasteiger partial charge in [-0.25, -0.2) is 0 Å². The van der Waals surface area contributed by atoms with Crippen molar-refractivity contribution in [1.29, 1.82) is 0 Å². The first-order chi connectivity index (χ1) is 8.69. The maximum atomic E-state index is 5.24. The van der Waals surface area contributed by atoms with Crippen LogP contribution in [0.3, 0.4) is 0 Å². The number of hydrogen-bond acceptors (Lipinski definition) is 3. The topological polar surface area (TPSA) is 39.1 Å². The summed E-state index contributed by atoms with van der Waals surface area (Å²) in [6.07, 6.45) is 1.95. The van der Waals surface area contributed by atoms with Crippen molar-refractivity contribution >= 4 is 0 Å². The van der Waals surface area contributed by atoms with Crippen LogP contribution in [0.2, 0.25) is 0 Å². The van der Waals surface area contributed by atoms with Crippen LogP contribution in [0.5, 0.6) is 5.75 Å². The first-order valence-corrected chi connectivity index (χ1v) is 6.02. The van der Waals surface area contributed by atoms with Gasteiger partial charge in [-0.3, -0.25) is 4.68 Å². The van der Waals surface area contributed by atoms with E-state index >= 15 is 0 Å². The van der Waals surface area contributed by atoms with Crippen molar-refractivity contribution in [3.8, 4) is 5.75 Å². The van der Waals surface area contributed by atoms with Crippen molar-refractivity contribution in [2.75, 3.05) is 7.11 Å². The molecule has 0 aliphatic rings. The van der Waals surface area contributed by atoms with Crippen LogP contribution in [0.4, 0.5) is 0 Å². The van der Waals surface area contributed by atoms with E-state index in [1.807, 2.05) is 30.1 Å². The third kappa shape index (κ3) is 3.11. The van der Waals surface area contributed by atoms with E-state index in [4.69, 9.17) is 4.74 Å². The molecule has 0 atom stereocenters. The van der Waals surface area contributed by atoms with Crippen molar-refractivity contribution in [2.45, 2.75) is 20.0 Å². The molecule has 0 saturated heterocycles. The molecule has 4 heteroatoms. The lowest BCUT2D eigenvalue weighted by Crippen LogP contribution is -2.13. The number of ether oxygens (including phenoxy) is 1. The molecule has 0 unspecified atom stereocenters. The monoisotopic (exact) mass is 245 g/mol. The third-order valence-corrected chi connectivity index (χ3v) is 2.86. The number of hydrogen-bond donors (Lipinski definition) is 1. The van der Waals surface area contributed by atoms with Crippen LogP contribution in [0.1, 0.15) is 16.8 Å². The van der Waals surface area contributed by atoms with Crippen LogP contribution < -0.4 is 10.1 Å². The fourth-order valence-corrected chi connectivity index (χ4v) is 1.94. The number of rotatable bonds is 5. The Kier molecular flexibility index (Phi) is 3.99. The third-order valence-electron chi connectivity index (χ3n) is 2.86. The molecule has 0 spiro atoms. The molecule has 4 nitrogen and oxygen atoms in total. The van der Waals surface area contributed by atoms with E-state index in [0.29, 0.717) is 0 Å². The Bertz CT molecular complexity index is 520. The molecular weight excluding hydrogens is 226 g/mol. The summed E-state index contributed by atoms with van der Waals surface area (Å²) in [4.78, 5) is 0. The van der Waals surface area contributed by atoms with Gasteiger partial charge in [-0.1, -0.05) is 12.1 Å². The predicted octanol–water partition coefficient (Wildman–Crippen LogP) is 2.03. The van der Waals surface area contributed by atoms with Crippen molar-refractivity contribution in [3.63, 3.8) is 0 Å². The van der Waals surface area contributed by atoms with Crippen LogP contribution in [-0.4, -0.2) is 16.9 Å². The maximum Gasteiger partial charge on any atom is 0.121 e. The van der Waals surface area contributed by atoms with Gasteiger partial charge in [-0.05, 0) is 30.2 Å². The molecule has 0 bridgehead atoms. The highest BCUT2D eigenvalue weighted by atomic mass is 16.5. The highest BCUT2D eigenvalue weighted by Crippen LogP contribution is 2.18. The first-order valence-electron chi connectivity index (χ1n) is 6.02. The Balaban J connectivity index is 1.88. The normalized spacial score (nSPS) is 10.6. The largest absolute Gasteiger partial charge is 0.496 e. The van der Waals surface area contributed by atoms with Gasteiger partial charge < -0.3 is 10.1 Å². The average Bonchev–Trinajstić information content (AvgIpc) is 2.75. The number of nitrogens with zero attached hydrogens (tertiary/aromatic N) is 2. The first kappa shape index (κ1) is 12.6. The molecule has 2 aromatic rings. The summed E-state index contributed by atoms with van der Waals surface area (Å²) in [6, 6.07) is 8.25. The van der Waals surface area contributed by atoms with Crippen LogP contribution in [0, 0.1) is 6.92 Å². The zero-order chi connectivity index (χ0) is 13.0. The fraction of sp³-hybridized carbons (Fsp3) is 0.357. The number of nitrogens with one attached hydrogen (secondary N) is 1. The molecule has 0 saturated carbocycles. The summed E-state index contributed by atoms with van der Waals surface area (Å²) in [6.45, 7) is 3.68. The van der Waals surface area contributed by atoms with E-state index in [-0.39, 0.29) is 0 Å². The van der Waals surface area contributed by atoms with E-state index in [1.54, 1.807) is 7.11 Å². The average molecular weight is 245 g/mol. The zero-order valence-corrected chi connectivity index (χ0v) is 11.1. The number of aromatic nitrogens is 2. The van der Waals surface area contributed by atoms with Gasteiger partial charge >= 0.3 is 0 Å². The van der Waals surface area contributed by atoms with Gasteiger partial charge in [-0.2, -0.15) is 5.10 Å². The van der Waals surface area contributed by atoms with Crippen LogP contribution in [-0.2, 0) is 20.1 Å². The van der Waals surface area contributed by atoms with Crippen LogP contribution >= 0.6 is 0 Å². The summed E-state index contributed by atoms with van der Waals surface area (Å²) in [5.41, 5.74) is 3.47. The van der Waals surface area contributed by atoms with Gasteiger partial charge in [0.15, 0.2) is 0 Å². The minimum atomic E-state index is 0.784. The lowest BCUT2D eigenvalue weighted by atomic mass is 10.1. The molecule has 1 aromatic carbocycles. The zero-order valence-electron chi connectivity index (χ0n) is 11.1. The molecule has 96 valence electrons. The summed E-state index contributed by atoms with van der Waals surface area (Å²) in [7, 11) is 3.62. The van der Waals surface area contributed by atoms with Crippen molar-refractivity contribution in [1.82, 2.24) is 15.1 Å². The lowest BCUT2D eigenvalue weighted by Gasteiger charge is -2.08. The van der Waals surface area contributed by atoms with Gasteiger partial charge in [0, 0.05) is 26.3 Å². The van der Waals surface area contributed by atoms with Crippen LogP contribution in [0.15, 0.2) is 30.5 Å².